The molecule has 0 bridgehead atoms. The molecule has 0 saturated carbocycles. The number of hydrogen-bond acceptors (Lipinski definition) is 3. The van der Waals surface area contributed by atoms with Crippen molar-refractivity contribution in [3.8, 4) is 11.5 Å². The molecule has 0 aliphatic heterocycles. The van der Waals surface area contributed by atoms with Gasteiger partial charge in [-0.05, 0) is 60.4 Å². The maximum atomic E-state index is 9.58. The standard InChI is InChI=1S/C12H12.C10H14O2.CH4O/c1-11-7-3-5-9-12(2)10-6-4-8-11;1-5-6(2)10(12)8(4)7(3)9(5)11;1-2/h3-10H,1-2H2;11-12H,1-4H3;2H,1H3. The predicted molar refractivity (Wildman–Crippen MR) is 111 cm³/mol. The van der Waals surface area contributed by atoms with Crippen molar-refractivity contribution >= 4 is 13.2 Å². The van der Waals surface area contributed by atoms with Gasteiger partial charge in [-0.2, -0.15) is 0 Å². The van der Waals surface area contributed by atoms with E-state index in [0.29, 0.717) is 11.5 Å². The van der Waals surface area contributed by atoms with Gasteiger partial charge in [0.15, 0.2) is 0 Å². The molecule has 0 saturated heterocycles. The first-order valence-corrected chi connectivity index (χ1v) is 8.26. The Hall–Kier alpha value is -2.78. The summed E-state index contributed by atoms with van der Waals surface area (Å²) in [5.41, 5.74) is 3.04. The molecule has 2 aromatic rings. The lowest BCUT2D eigenvalue weighted by molar-refractivity contribution is 0.399. The van der Waals surface area contributed by atoms with Crippen LogP contribution in [0.1, 0.15) is 22.3 Å². The number of phenolic OH excluding ortho intramolecular Hbond substituents is 2. The van der Waals surface area contributed by atoms with Crippen molar-refractivity contribution in [1.82, 2.24) is 0 Å². The lowest BCUT2D eigenvalue weighted by atomic mass is 9.99. The molecule has 0 aromatic heterocycles. The minimum atomic E-state index is 0.294. The summed E-state index contributed by atoms with van der Waals surface area (Å²) in [5, 5.41) is 28.2. The van der Waals surface area contributed by atoms with Crippen LogP contribution in [0.15, 0.2) is 48.5 Å². The van der Waals surface area contributed by atoms with Crippen molar-refractivity contribution in [2.75, 3.05) is 7.11 Å². The highest BCUT2D eigenvalue weighted by Gasteiger charge is 2.12. The van der Waals surface area contributed by atoms with Crippen LogP contribution >= 0.6 is 0 Å². The fraction of sp³-hybridized carbons (Fsp3) is 0.217. The third kappa shape index (κ3) is 6.99. The summed E-state index contributed by atoms with van der Waals surface area (Å²) >= 11 is 0. The van der Waals surface area contributed by atoms with Gasteiger partial charge in [-0.1, -0.05) is 61.7 Å². The van der Waals surface area contributed by atoms with Gasteiger partial charge in [-0.25, -0.2) is 0 Å². The van der Waals surface area contributed by atoms with E-state index in [2.05, 4.69) is 13.2 Å². The number of rotatable bonds is 0. The first-order chi connectivity index (χ1) is 12.3. The van der Waals surface area contributed by atoms with E-state index in [1.54, 1.807) is 27.7 Å². The zero-order chi connectivity index (χ0) is 20.3. The van der Waals surface area contributed by atoms with Gasteiger partial charge in [0.05, 0.1) is 0 Å². The maximum absolute atomic E-state index is 9.58. The van der Waals surface area contributed by atoms with Crippen LogP contribution < -0.4 is 10.4 Å². The predicted octanol–water partition coefficient (Wildman–Crippen LogP) is 3.57. The van der Waals surface area contributed by atoms with Gasteiger partial charge in [0, 0.05) is 7.11 Å². The lowest BCUT2D eigenvalue weighted by Crippen LogP contribution is -1.91. The molecule has 0 fully saturated rings. The Morgan fingerprint density at radius 2 is 0.731 bits per heavy atom. The Morgan fingerprint density at radius 3 is 0.923 bits per heavy atom. The summed E-state index contributed by atoms with van der Waals surface area (Å²) in [4.78, 5) is 0. The molecule has 0 unspecified atom stereocenters. The Balaban J connectivity index is 0.000000439. The van der Waals surface area contributed by atoms with Crippen LogP contribution in [0.25, 0.3) is 13.2 Å². The molecule has 0 heterocycles. The maximum Gasteiger partial charge on any atom is 0.122 e. The summed E-state index contributed by atoms with van der Waals surface area (Å²) < 4.78 is 0. The number of hydrogen-bond donors (Lipinski definition) is 3. The zero-order valence-corrected chi connectivity index (χ0v) is 16.4. The molecule has 0 radical (unpaired) electrons. The second-order valence-electron chi connectivity index (χ2n) is 5.78. The topological polar surface area (TPSA) is 60.7 Å². The highest BCUT2D eigenvalue weighted by molar-refractivity contribution is 5.55. The average Bonchev–Trinajstić information content (AvgIpc) is 2.66. The number of aliphatic hydroxyl groups excluding tert-OH is 1. The first-order valence-electron chi connectivity index (χ1n) is 8.26. The van der Waals surface area contributed by atoms with E-state index in [4.69, 9.17) is 5.11 Å². The van der Waals surface area contributed by atoms with E-state index in [-0.39, 0.29) is 0 Å². The Morgan fingerprint density at radius 1 is 0.538 bits per heavy atom. The molecular formula is C23H30O3. The van der Waals surface area contributed by atoms with Crippen LogP contribution in [-0.4, -0.2) is 22.4 Å². The minimum absolute atomic E-state index is 0.294. The van der Waals surface area contributed by atoms with Gasteiger partial charge < -0.3 is 15.3 Å². The van der Waals surface area contributed by atoms with Crippen LogP contribution in [0, 0.1) is 27.7 Å². The fourth-order valence-corrected chi connectivity index (χ4v) is 2.10. The smallest absolute Gasteiger partial charge is 0.122 e. The second-order valence-corrected chi connectivity index (χ2v) is 5.78. The van der Waals surface area contributed by atoms with Crippen LogP contribution in [0.2, 0.25) is 0 Å². The quantitative estimate of drug-likeness (QED) is 0.634. The zero-order valence-electron chi connectivity index (χ0n) is 16.4. The summed E-state index contributed by atoms with van der Waals surface area (Å²) in [7, 11) is 1.00. The summed E-state index contributed by atoms with van der Waals surface area (Å²) in [6, 6.07) is 15.7. The third-order valence-electron chi connectivity index (χ3n) is 4.01. The van der Waals surface area contributed by atoms with E-state index in [9.17, 15) is 10.2 Å². The molecule has 3 nitrogen and oxygen atoms in total. The van der Waals surface area contributed by atoms with Crippen molar-refractivity contribution in [3.05, 3.63) is 81.2 Å². The Labute approximate surface area is 156 Å². The SMILES string of the molecule is C=c1ccccc(=C)cccc1.CO.Cc1c(C)c(O)c(C)c(C)c1O. The van der Waals surface area contributed by atoms with E-state index < -0.39 is 0 Å². The lowest BCUT2D eigenvalue weighted by Gasteiger charge is -2.12. The monoisotopic (exact) mass is 354 g/mol. The number of benzene rings is 1. The van der Waals surface area contributed by atoms with Gasteiger partial charge in [-0.15, -0.1) is 0 Å². The summed E-state index contributed by atoms with van der Waals surface area (Å²) in [6.07, 6.45) is 0. The number of aliphatic hydroxyl groups is 1. The highest BCUT2D eigenvalue weighted by atomic mass is 16.3. The van der Waals surface area contributed by atoms with Crippen LogP contribution in [0.5, 0.6) is 11.5 Å². The molecule has 3 N–H and O–H groups in total. The van der Waals surface area contributed by atoms with Crippen molar-refractivity contribution in [2.45, 2.75) is 27.7 Å². The first kappa shape index (κ1) is 23.2. The minimum Gasteiger partial charge on any atom is -0.507 e. The van der Waals surface area contributed by atoms with Crippen LogP contribution in [0.3, 0.4) is 0 Å². The van der Waals surface area contributed by atoms with Gasteiger partial charge in [0.25, 0.3) is 0 Å². The van der Waals surface area contributed by atoms with Crippen molar-refractivity contribution in [2.24, 2.45) is 0 Å². The summed E-state index contributed by atoms with van der Waals surface area (Å²) in [6.45, 7) is 14.9. The van der Waals surface area contributed by atoms with E-state index in [0.717, 1.165) is 39.8 Å². The molecule has 0 atom stereocenters. The number of phenols is 2. The Bertz CT molecular complexity index is 691. The molecule has 26 heavy (non-hydrogen) atoms. The molecule has 2 rings (SSSR count). The van der Waals surface area contributed by atoms with E-state index in [1.165, 1.54) is 0 Å². The summed E-state index contributed by atoms with van der Waals surface area (Å²) in [5.74, 6) is 0.589. The number of aromatic hydroxyl groups is 2. The Kier molecular flexibility index (Phi) is 10.5. The van der Waals surface area contributed by atoms with Crippen molar-refractivity contribution in [1.29, 1.82) is 0 Å². The van der Waals surface area contributed by atoms with Gasteiger partial charge in [-0.3, -0.25) is 0 Å². The molecule has 0 amide bonds. The average molecular weight is 354 g/mol. The van der Waals surface area contributed by atoms with Crippen LogP contribution in [-0.2, 0) is 0 Å². The molecule has 3 heteroatoms. The molecule has 0 aliphatic carbocycles. The normalized spacial score (nSPS) is 9.00. The largest absolute Gasteiger partial charge is 0.507 e. The van der Waals surface area contributed by atoms with E-state index in [1.807, 2.05) is 48.5 Å². The van der Waals surface area contributed by atoms with Gasteiger partial charge in [0.1, 0.15) is 11.5 Å². The fourth-order valence-electron chi connectivity index (χ4n) is 2.10. The van der Waals surface area contributed by atoms with Gasteiger partial charge >= 0.3 is 0 Å². The van der Waals surface area contributed by atoms with Gasteiger partial charge in [0.2, 0.25) is 0 Å². The highest BCUT2D eigenvalue weighted by Crippen LogP contribution is 2.35. The third-order valence-corrected chi connectivity index (χ3v) is 4.01. The van der Waals surface area contributed by atoms with Crippen molar-refractivity contribution in [3.63, 3.8) is 0 Å². The second kappa shape index (κ2) is 11.7. The molecule has 140 valence electrons. The molecule has 2 aromatic carbocycles. The molecular weight excluding hydrogens is 324 g/mol. The van der Waals surface area contributed by atoms with Crippen LogP contribution in [0.4, 0.5) is 0 Å². The molecule has 0 spiro atoms. The van der Waals surface area contributed by atoms with Crippen molar-refractivity contribution < 1.29 is 15.3 Å². The molecule has 0 aliphatic rings. The van der Waals surface area contributed by atoms with E-state index >= 15 is 0 Å².